The molecular formula is C23H21NO5. The van der Waals surface area contributed by atoms with Crippen molar-refractivity contribution in [1.29, 1.82) is 0 Å². The summed E-state index contributed by atoms with van der Waals surface area (Å²) in [6.07, 6.45) is 0.372. The molecule has 0 saturated heterocycles. The van der Waals surface area contributed by atoms with Crippen LogP contribution in [0.2, 0.25) is 0 Å². The lowest BCUT2D eigenvalue weighted by Gasteiger charge is -2.10. The number of benzene rings is 3. The van der Waals surface area contributed by atoms with E-state index in [4.69, 9.17) is 9.47 Å². The molecule has 0 unspecified atom stereocenters. The standard InChI is InChI=1S/C23H21NO5/c1-3-22(26)24-16-10-8-15(9-11-16)20(25)14-29-23(27)19-12-13-21(28-2)18-7-5-4-6-17(18)19/h4-13H,3,14H2,1-2H3,(H,24,26). The molecule has 0 heterocycles. The minimum Gasteiger partial charge on any atom is -0.496 e. The Morgan fingerprint density at radius 1 is 0.897 bits per heavy atom. The predicted octanol–water partition coefficient (Wildman–Crippen LogP) is 4.24. The van der Waals surface area contributed by atoms with E-state index in [9.17, 15) is 14.4 Å². The van der Waals surface area contributed by atoms with Gasteiger partial charge in [0.1, 0.15) is 5.75 Å². The van der Waals surface area contributed by atoms with Crippen LogP contribution in [-0.4, -0.2) is 31.4 Å². The molecule has 6 nitrogen and oxygen atoms in total. The van der Waals surface area contributed by atoms with Crippen LogP contribution in [0.25, 0.3) is 10.8 Å². The first kappa shape index (κ1) is 20.1. The highest BCUT2D eigenvalue weighted by atomic mass is 16.5. The van der Waals surface area contributed by atoms with Crippen molar-refractivity contribution in [3.8, 4) is 5.75 Å². The summed E-state index contributed by atoms with van der Waals surface area (Å²) in [5, 5.41) is 4.20. The largest absolute Gasteiger partial charge is 0.496 e. The number of nitrogens with one attached hydrogen (secondary N) is 1. The van der Waals surface area contributed by atoms with Gasteiger partial charge in [-0.1, -0.05) is 31.2 Å². The van der Waals surface area contributed by atoms with Crippen molar-refractivity contribution in [2.45, 2.75) is 13.3 Å². The second kappa shape index (κ2) is 9.01. The molecule has 0 aliphatic rings. The molecule has 3 aromatic rings. The Hall–Kier alpha value is -3.67. The molecular weight excluding hydrogens is 370 g/mol. The number of ketones is 1. The molecule has 0 aliphatic heterocycles. The van der Waals surface area contributed by atoms with Gasteiger partial charge in [0, 0.05) is 23.1 Å². The van der Waals surface area contributed by atoms with Crippen LogP contribution in [0.3, 0.4) is 0 Å². The molecule has 1 N–H and O–H groups in total. The Morgan fingerprint density at radius 3 is 2.24 bits per heavy atom. The Kier molecular flexibility index (Phi) is 6.24. The highest BCUT2D eigenvalue weighted by molar-refractivity contribution is 6.07. The van der Waals surface area contributed by atoms with Gasteiger partial charge in [0.05, 0.1) is 12.7 Å². The van der Waals surface area contributed by atoms with Gasteiger partial charge < -0.3 is 14.8 Å². The lowest BCUT2D eigenvalue weighted by atomic mass is 10.0. The van der Waals surface area contributed by atoms with Crippen LogP contribution in [0.15, 0.2) is 60.7 Å². The molecule has 1 amide bonds. The third kappa shape index (κ3) is 4.60. The van der Waals surface area contributed by atoms with E-state index in [1.165, 1.54) is 0 Å². The molecule has 3 rings (SSSR count). The number of carbonyl (C=O) groups is 3. The first-order chi connectivity index (χ1) is 14.0. The molecule has 0 radical (unpaired) electrons. The zero-order valence-corrected chi connectivity index (χ0v) is 16.2. The van der Waals surface area contributed by atoms with E-state index in [1.54, 1.807) is 56.5 Å². The van der Waals surface area contributed by atoms with Gasteiger partial charge in [-0.15, -0.1) is 0 Å². The number of rotatable bonds is 7. The fraction of sp³-hybridized carbons (Fsp3) is 0.174. The molecule has 6 heteroatoms. The maximum Gasteiger partial charge on any atom is 0.339 e. The molecule has 3 aromatic carbocycles. The van der Waals surface area contributed by atoms with Gasteiger partial charge in [0.2, 0.25) is 5.91 Å². The van der Waals surface area contributed by atoms with Crippen LogP contribution in [0.4, 0.5) is 5.69 Å². The van der Waals surface area contributed by atoms with E-state index in [-0.39, 0.29) is 18.3 Å². The highest BCUT2D eigenvalue weighted by Gasteiger charge is 2.16. The molecule has 29 heavy (non-hydrogen) atoms. The first-order valence-electron chi connectivity index (χ1n) is 9.19. The lowest BCUT2D eigenvalue weighted by Crippen LogP contribution is -2.15. The van der Waals surface area contributed by atoms with Gasteiger partial charge in [-0.25, -0.2) is 4.79 Å². The van der Waals surface area contributed by atoms with Crippen LogP contribution < -0.4 is 10.1 Å². The number of ether oxygens (including phenoxy) is 2. The number of amides is 1. The van der Waals surface area contributed by atoms with Crippen molar-refractivity contribution >= 4 is 34.1 Å². The summed E-state index contributed by atoms with van der Waals surface area (Å²) in [4.78, 5) is 36.3. The minimum absolute atomic E-state index is 0.107. The van der Waals surface area contributed by atoms with Gasteiger partial charge in [-0.2, -0.15) is 0 Å². The number of methoxy groups -OCH3 is 1. The fourth-order valence-electron chi connectivity index (χ4n) is 2.91. The van der Waals surface area contributed by atoms with Crippen molar-refractivity contribution in [2.24, 2.45) is 0 Å². The van der Waals surface area contributed by atoms with E-state index >= 15 is 0 Å². The highest BCUT2D eigenvalue weighted by Crippen LogP contribution is 2.28. The van der Waals surface area contributed by atoms with Gasteiger partial charge in [0.15, 0.2) is 12.4 Å². The molecule has 0 bridgehead atoms. The quantitative estimate of drug-likeness (QED) is 0.481. The number of esters is 1. The predicted molar refractivity (Wildman–Crippen MR) is 110 cm³/mol. The molecule has 0 aliphatic carbocycles. The molecule has 0 spiro atoms. The van der Waals surface area contributed by atoms with Crippen molar-refractivity contribution in [1.82, 2.24) is 0 Å². The third-order valence-corrected chi connectivity index (χ3v) is 4.47. The van der Waals surface area contributed by atoms with Crippen molar-refractivity contribution < 1.29 is 23.9 Å². The number of hydrogen-bond acceptors (Lipinski definition) is 5. The van der Waals surface area contributed by atoms with E-state index in [0.717, 1.165) is 5.39 Å². The third-order valence-electron chi connectivity index (χ3n) is 4.47. The van der Waals surface area contributed by atoms with E-state index in [2.05, 4.69) is 5.32 Å². The fourth-order valence-corrected chi connectivity index (χ4v) is 2.91. The monoisotopic (exact) mass is 391 g/mol. The van der Waals surface area contributed by atoms with Crippen LogP contribution in [0, 0.1) is 0 Å². The summed E-state index contributed by atoms with van der Waals surface area (Å²) in [7, 11) is 1.57. The summed E-state index contributed by atoms with van der Waals surface area (Å²) >= 11 is 0. The Balaban J connectivity index is 1.69. The average Bonchev–Trinajstić information content (AvgIpc) is 2.76. The summed E-state index contributed by atoms with van der Waals surface area (Å²) in [5.74, 6) is -0.359. The lowest BCUT2D eigenvalue weighted by molar-refractivity contribution is -0.115. The van der Waals surface area contributed by atoms with E-state index in [0.29, 0.717) is 34.4 Å². The summed E-state index contributed by atoms with van der Waals surface area (Å²) in [6, 6.07) is 17.1. The van der Waals surface area contributed by atoms with Gasteiger partial charge in [-0.05, 0) is 41.8 Å². The number of Topliss-reactive ketones (excluding diaryl/α,β-unsaturated/α-hetero) is 1. The molecule has 0 atom stereocenters. The normalized spacial score (nSPS) is 10.4. The maximum atomic E-state index is 12.5. The van der Waals surface area contributed by atoms with E-state index in [1.807, 2.05) is 18.2 Å². The van der Waals surface area contributed by atoms with Gasteiger partial charge in [0.25, 0.3) is 0 Å². The Morgan fingerprint density at radius 2 is 1.59 bits per heavy atom. The van der Waals surface area contributed by atoms with Gasteiger partial charge in [-0.3, -0.25) is 9.59 Å². The zero-order chi connectivity index (χ0) is 20.8. The van der Waals surface area contributed by atoms with Gasteiger partial charge >= 0.3 is 5.97 Å². The number of carbonyl (C=O) groups excluding carboxylic acids is 3. The van der Waals surface area contributed by atoms with E-state index < -0.39 is 5.97 Å². The van der Waals surface area contributed by atoms with Crippen LogP contribution in [-0.2, 0) is 9.53 Å². The Bertz CT molecular complexity index is 1060. The molecule has 148 valence electrons. The van der Waals surface area contributed by atoms with Crippen LogP contribution in [0.5, 0.6) is 5.75 Å². The summed E-state index contributed by atoms with van der Waals surface area (Å²) < 4.78 is 10.6. The smallest absolute Gasteiger partial charge is 0.339 e. The first-order valence-corrected chi connectivity index (χ1v) is 9.19. The topological polar surface area (TPSA) is 81.7 Å². The molecule has 0 saturated carbocycles. The second-order valence-corrected chi connectivity index (χ2v) is 6.34. The zero-order valence-electron chi connectivity index (χ0n) is 16.2. The maximum absolute atomic E-state index is 12.5. The molecule has 0 aromatic heterocycles. The minimum atomic E-state index is -0.580. The summed E-state index contributed by atoms with van der Waals surface area (Å²) in [6.45, 7) is 1.38. The average molecular weight is 391 g/mol. The molecule has 0 fully saturated rings. The summed E-state index contributed by atoms with van der Waals surface area (Å²) in [5.41, 5.74) is 1.37. The van der Waals surface area contributed by atoms with Crippen molar-refractivity contribution in [3.63, 3.8) is 0 Å². The Labute approximate surface area is 168 Å². The number of fused-ring (bicyclic) bond motifs is 1. The van der Waals surface area contributed by atoms with Crippen LogP contribution in [0.1, 0.15) is 34.1 Å². The van der Waals surface area contributed by atoms with Crippen molar-refractivity contribution in [3.05, 3.63) is 71.8 Å². The SMILES string of the molecule is CCC(=O)Nc1ccc(C(=O)COC(=O)c2ccc(OC)c3ccccc23)cc1. The second-order valence-electron chi connectivity index (χ2n) is 6.34. The number of anilines is 1. The number of hydrogen-bond donors (Lipinski definition) is 1. The van der Waals surface area contributed by atoms with Crippen molar-refractivity contribution in [2.75, 3.05) is 19.0 Å². The van der Waals surface area contributed by atoms with Crippen LogP contribution >= 0.6 is 0 Å².